The molecule has 2 aromatic heterocycles. The number of hydrogen-bond acceptors (Lipinski definition) is 8. The Hall–Kier alpha value is -4.39. The van der Waals surface area contributed by atoms with Crippen LogP contribution in [0.4, 0.5) is 11.8 Å². The van der Waals surface area contributed by atoms with E-state index < -0.39 is 11.2 Å². The third kappa shape index (κ3) is 5.57. The second kappa shape index (κ2) is 9.41. The van der Waals surface area contributed by atoms with Gasteiger partial charge in [0.2, 0.25) is 11.8 Å². The number of H-pyrrole nitrogens is 1. The lowest BCUT2D eigenvalue weighted by Crippen LogP contribution is -2.30. The van der Waals surface area contributed by atoms with Crippen molar-refractivity contribution in [3.8, 4) is 17.7 Å². The highest BCUT2D eigenvalue weighted by molar-refractivity contribution is 5.58. The molecule has 0 saturated carbocycles. The van der Waals surface area contributed by atoms with Gasteiger partial charge in [0.25, 0.3) is 5.56 Å². The van der Waals surface area contributed by atoms with Crippen LogP contribution in [0.25, 0.3) is 6.08 Å². The van der Waals surface area contributed by atoms with E-state index in [1.807, 2.05) is 32.0 Å². The highest BCUT2D eigenvalue weighted by atomic mass is 16.5. The molecule has 158 valence electrons. The molecule has 3 aromatic rings. The van der Waals surface area contributed by atoms with Gasteiger partial charge in [-0.1, -0.05) is 0 Å². The van der Waals surface area contributed by atoms with Crippen molar-refractivity contribution < 1.29 is 4.74 Å². The molecule has 1 aromatic carbocycles. The molecule has 0 amide bonds. The van der Waals surface area contributed by atoms with Crippen LogP contribution in [0.5, 0.6) is 11.6 Å². The third-order valence-electron chi connectivity index (χ3n) is 4.29. The van der Waals surface area contributed by atoms with Crippen LogP contribution in [0.15, 0.2) is 46.1 Å². The van der Waals surface area contributed by atoms with Crippen LogP contribution in [-0.2, 0) is 6.54 Å². The van der Waals surface area contributed by atoms with E-state index in [0.717, 1.165) is 16.7 Å². The normalized spacial score (nSPS) is 10.7. The molecule has 0 fully saturated rings. The van der Waals surface area contributed by atoms with Crippen LogP contribution >= 0.6 is 0 Å². The van der Waals surface area contributed by atoms with E-state index >= 15 is 0 Å². The molecule has 0 radical (unpaired) electrons. The fourth-order valence-corrected chi connectivity index (χ4v) is 2.96. The number of aromatic amines is 1. The van der Waals surface area contributed by atoms with Crippen LogP contribution in [0.2, 0.25) is 0 Å². The summed E-state index contributed by atoms with van der Waals surface area (Å²) < 4.78 is 7.32. The van der Waals surface area contributed by atoms with E-state index in [2.05, 4.69) is 20.3 Å². The summed E-state index contributed by atoms with van der Waals surface area (Å²) in [5.41, 5.74) is 7.59. The van der Waals surface area contributed by atoms with Crippen LogP contribution in [0.3, 0.4) is 0 Å². The van der Waals surface area contributed by atoms with Crippen molar-refractivity contribution in [3.63, 3.8) is 0 Å². The van der Waals surface area contributed by atoms with Crippen LogP contribution in [-0.4, -0.2) is 26.1 Å². The summed E-state index contributed by atoms with van der Waals surface area (Å²) in [5, 5.41) is 11.7. The first-order chi connectivity index (χ1) is 14.9. The van der Waals surface area contributed by atoms with Gasteiger partial charge in [-0.15, -0.1) is 0 Å². The first kappa shape index (κ1) is 21.3. The Labute approximate surface area is 177 Å². The van der Waals surface area contributed by atoms with Gasteiger partial charge in [-0.05, 0) is 48.7 Å². The quantitative estimate of drug-likeness (QED) is 0.492. The van der Waals surface area contributed by atoms with Gasteiger partial charge < -0.3 is 15.8 Å². The van der Waals surface area contributed by atoms with Crippen molar-refractivity contribution in [3.05, 3.63) is 74.1 Å². The lowest BCUT2D eigenvalue weighted by molar-refractivity contribution is 0.455. The predicted molar refractivity (Wildman–Crippen MR) is 117 cm³/mol. The van der Waals surface area contributed by atoms with E-state index in [9.17, 15) is 9.59 Å². The summed E-state index contributed by atoms with van der Waals surface area (Å²) in [6.45, 7) is 4.42. The number of anilines is 2. The van der Waals surface area contributed by atoms with Gasteiger partial charge in [0, 0.05) is 37.5 Å². The summed E-state index contributed by atoms with van der Waals surface area (Å²) >= 11 is 0. The molecule has 0 aliphatic heterocycles. The van der Waals surface area contributed by atoms with Gasteiger partial charge in [-0.2, -0.15) is 15.2 Å². The largest absolute Gasteiger partial charge is 0.438 e. The zero-order chi connectivity index (χ0) is 22.4. The SMILES string of the molecule is Cc1cc(C=CC#N)cc(C)c1Oc1cc(N)nc(NCCn2ccc(=O)[nH]c2=O)n1. The molecule has 0 unspecified atom stereocenters. The lowest BCUT2D eigenvalue weighted by Gasteiger charge is -2.13. The third-order valence-corrected chi connectivity index (χ3v) is 4.29. The fraction of sp³-hybridized carbons (Fsp3) is 0.190. The number of ether oxygens (including phenoxy) is 1. The number of rotatable bonds is 7. The summed E-state index contributed by atoms with van der Waals surface area (Å²) in [5.74, 6) is 1.37. The average molecular weight is 419 g/mol. The number of hydrogen-bond donors (Lipinski definition) is 3. The van der Waals surface area contributed by atoms with Crippen LogP contribution < -0.4 is 27.0 Å². The second-order valence-electron chi connectivity index (χ2n) is 6.73. The summed E-state index contributed by atoms with van der Waals surface area (Å²) in [7, 11) is 0. The Balaban J connectivity index is 1.74. The molecule has 0 aliphatic carbocycles. The van der Waals surface area contributed by atoms with E-state index in [1.54, 1.807) is 6.08 Å². The number of nitrogen functional groups attached to an aromatic ring is 1. The highest BCUT2D eigenvalue weighted by Crippen LogP contribution is 2.30. The standard InChI is InChI=1S/C21H21N7O3/c1-13-10-15(4-3-6-22)11-14(2)19(13)31-18-12-16(23)25-20(27-18)24-7-9-28-8-5-17(29)26-21(28)30/h3-5,8,10-12H,7,9H2,1-2H3,(H,26,29,30)(H3,23,24,25,27). The topological polar surface area (TPSA) is 152 Å². The average Bonchev–Trinajstić information content (AvgIpc) is 2.70. The monoisotopic (exact) mass is 419 g/mol. The maximum atomic E-state index is 11.7. The first-order valence-electron chi connectivity index (χ1n) is 9.39. The van der Waals surface area contributed by atoms with Gasteiger partial charge in [0.05, 0.1) is 6.07 Å². The number of nitrogens with one attached hydrogen (secondary N) is 2. The molecule has 31 heavy (non-hydrogen) atoms. The maximum Gasteiger partial charge on any atom is 0.328 e. The van der Waals surface area contributed by atoms with Crippen molar-refractivity contribution in [2.45, 2.75) is 20.4 Å². The minimum Gasteiger partial charge on any atom is -0.438 e. The molecule has 0 saturated heterocycles. The molecule has 0 spiro atoms. The molecule has 10 nitrogen and oxygen atoms in total. The van der Waals surface area contributed by atoms with Crippen LogP contribution in [0, 0.1) is 25.2 Å². The minimum absolute atomic E-state index is 0.220. The summed E-state index contributed by atoms with van der Waals surface area (Å²) in [4.78, 5) is 33.5. The Kier molecular flexibility index (Phi) is 6.47. The molecule has 0 aliphatic rings. The number of allylic oxidation sites excluding steroid dienone is 1. The van der Waals surface area contributed by atoms with Gasteiger partial charge in [0.15, 0.2) is 0 Å². The molecule has 2 heterocycles. The van der Waals surface area contributed by atoms with Crippen molar-refractivity contribution in [2.24, 2.45) is 0 Å². The van der Waals surface area contributed by atoms with E-state index in [4.69, 9.17) is 15.7 Å². The fourth-order valence-electron chi connectivity index (χ4n) is 2.96. The highest BCUT2D eigenvalue weighted by Gasteiger charge is 2.10. The Morgan fingerprint density at radius 1 is 1.26 bits per heavy atom. The Morgan fingerprint density at radius 2 is 2.00 bits per heavy atom. The zero-order valence-electron chi connectivity index (χ0n) is 17.0. The first-order valence-corrected chi connectivity index (χ1v) is 9.39. The van der Waals surface area contributed by atoms with Gasteiger partial charge in [-0.25, -0.2) is 4.79 Å². The molecule has 0 atom stereocenters. The maximum absolute atomic E-state index is 11.7. The number of aryl methyl sites for hydroxylation is 2. The molecule has 0 bridgehead atoms. The molecule has 4 N–H and O–H groups in total. The van der Waals surface area contributed by atoms with E-state index in [-0.39, 0.29) is 17.6 Å². The lowest BCUT2D eigenvalue weighted by atomic mass is 10.1. The Bertz CT molecular complexity index is 1260. The van der Waals surface area contributed by atoms with Crippen molar-refractivity contribution in [2.75, 3.05) is 17.6 Å². The molecular weight excluding hydrogens is 398 g/mol. The van der Waals surface area contributed by atoms with Gasteiger partial charge in [0.1, 0.15) is 11.6 Å². The molecule has 10 heteroatoms. The summed E-state index contributed by atoms with van der Waals surface area (Å²) in [6, 6.07) is 8.57. The van der Waals surface area contributed by atoms with Crippen molar-refractivity contribution >= 4 is 17.8 Å². The minimum atomic E-state index is -0.495. The van der Waals surface area contributed by atoms with E-state index in [1.165, 1.54) is 29.0 Å². The van der Waals surface area contributed by atoms with Gasteiger partial charge in [-0.3, -0.25) is 14.3 Å². The smallest absolute Gasteiger partial charge is 0.328 e. The molecular formula is C21H21N7O3. The predicted octanol–water partition coefficient (Wildman–Crippen LogP) is 1.97. The van der Waals surface area contributed by atoms with Crippen LogP contribution in [0.1, 0.15) is 16.7 Å². The van der Waals surface area contributed by atoms with Gasteiger partial charge >= 0.3 is 5.69 Å². The number of aromatic nitrogens is 4. The van der Waals surface area contributed by atoms with Crippen molar-refractivity contribution in [1.29, 1.82) is 5.26 Å². The second-order valence-corrected chi connectivity index (χ2v) is 6.73. The van der Waals surface area contributed by atoms with E-state index in [0.29, 0.717) is 18.8 Å². The van der Waals surface area contributed by atoms with Crippen molar-refractivity contribution in [1.82, 2.24) is 19.5 Å². The molecule has 3 rings (SSSR count). The number of nitrogens with zero attached hydrogens (tertiary/aromatic N) is 4. The zero-order valence-corrected chi connectivity index (χ0v) is 17.0. The summed E-state index contributed by atoms with van der Waals surface area (Å²) in [6.07, 6.45) is 4.56. The number of nitriles is 1. The Morgan fingerprint density at radius 3 is 2.68 bits per heavy atom. The number of benzene rings is 1. The number of nitrogens with two attached hydrogens (primary N) is 1.